The van der Waals surface area contributed by atoms with Crippen LogP contribution in [0.4, 0.5) is 0 Å². The zero-order valence-corrected chi connectivity index (χ0v) is 17.6. The molecule has 6 heteroatoms. The van der Waals surface area contributed by atoms with Crippen LogP contribution in [-0.2, 0) is 22.5 Å². The Labute approximate surface area is 186 Å². The number of carboxylic acids is 1. The number of pyridine rings is 1. The number of fused-ring (bicyclic) bond motifs is 1. The van der Waals surface area contributed by atoms with Crippen LogP contribution < -0.4 is 4.74 Å². The summed E-state index contributed by atoms with van der Waals surface area (Å²) in [7, 11) is 0. The van der Waals surface area contributed by atoms with Gasteiger partial charge in [0.2, 0.25) is 0 Å². The number of allylic oxidation sites excluding steroid dienone is 1. The van der Waals surface area contributed by atoms with Crippen molar-refractivity contribution in [2.45, 2.75) is 19.3 Å². The van der Waals surface area contributed by atoms with Gasteiger partial charge in [-0.15, -0.1) is 0 Å². The van der Waals surface area contributed by atoms with Crippen LogP contribution >= 0.6 is 0 Å². The van der Waals surface area contributed by atoms with Crippen LogP contribution in [0.25, 0.3) is 5.57 Å². The van der Waals surface area contributed by atoms with Crippen LogP contribution in [0, 0.1) is 0 Å². The summed E-state index contributed by atoms with van der Waals surface area (Å²) in [5, 5.41) is 13.4. The van der Waals surface area contributed by atoms with E-state index in [1.54, 1.807) is 12.4 Å². The van der Waals surface area contributed by atoms with Gasteiger partial charge in [-0.25, -0.2) is 4.79 Å². The fraction of sp³-hybridized carbons (Fsp3) is 0.192. The molecule has 0 saturated carbocycles. The third kappa shape index (κ3) is 5.40. The Morgan fingerprint density at radius 1 is 1.06 bits per heavy atom. The van der Waals surface area contributed by atoms with Gasteiger partial charge in [-0.1, -0.05) is 53.7 Å². The van der Waals surface area contributed by atoms with E-state index in [1.807, 2.05) is 48.5 Å². The van der Waals surface area contributed by atoms with E-state index in [1.165, 1.54) is 0 Å². The topological polar surface area (TPSA) is 81.0 Å². The minimum Gasteiger partial charge on any atom is -0.482 e. The molecule has 3 aromatic rings. The molecule has 1 heterocycles. The summed E-state index contributed by atoms with van der Waals surface area (Å²) in [6.45, 7) is -0.0435. The largest absolute Gasteiger partial charge is 0.482 e. The summed E-state index contributed by atoms with van der Waals surface area (Å²) in [6.07, 6.45) is 7.93. The zero-order valence-electron chi connectivity index (χ0n) is 17.6. The number of oxime groups is 1. The summed E-state index contributed by atoms with van der Waals surface area (Å²) >= 11 is 0. The van der Waals surface area contributed by atoms with E-state index in [-0.39, 0.29) is 6.61 Å². The van der Waals surface area contributed by atoms with Crippen LogP contribution in [0.2, 0.25) is 0 Å². The molecule has 0 bridgehead atoms. The van der Waals surface area contributed by atoms with Crippen molar-refractivity contribution < 1.29 is 19.5 Å². The Morgan fingerprint density at radius 3 is 2.72 bits per heavy atom. The lowest BCUT2D eigenvalue weighted by molar-refractivity contribution is -0.139. The van der Waals surface area contributed by atoms with Crippen molar-refractivity contribution in [3.05, 3.63) is 101 Å². The molecule has 0 atom stereocenters. The number of ether oxygens (including phenoxy) is 1. The van der Waals surface area contributed by atoms with Crippen molar-refractivity contribution in [3.8, 4) is 5.75 Å². The van der Waals surface area contributed by atoms with E-state index < -0.39 is 5.97 Å². The molecular weight excluding hydrogens is 404 g/mol. The van der Waals surface area contributed by atoms with Gasteiger partial charge >= 0.3 is 5.97 Å². The first kappa shape index (κ1) is 21.3. The highest BCUT2D eigenvalue weighted by Gasteiger charge is 2.18. The number of rotatable bonds is 9. The molecule has 0 spiro atoms. The normalized spacial score (nSPS) is 13.1. The maximum atomic E-state index is 10.9. The van der Waals surface area contributed by atoms with Crippen LogP contribution in [0.15, 0.2) is 84.3 Å². The molecule has 4 rings (SSSR count). The monoisotopic (exact) mass is 428 g/mol. The lowest BCUT2D eigenvalue weighted by atomic mass is 9.90. The van der Waals surface area contributed by atoms with Crippen molar-refractivity contribution in [1.82, 2.24) is 4.98 Å². The first-order valence-electron chi connectivity index (χ1n) is 10.5. The molecule has 0 unspecified atom stereocenters. The van der Waals surface area contributed by atoms with Gasteiger partial charge < -0.3 is 14.7 Å². The van der Waals surface area contributed by atoms with Crippen LogP contribution in [-0.4, -0.2) is 35.0 Å². The Bertz CT molecular complexity index is 1130. The minimum atomic E-state index is -0.992. The molecule has 0 saturated heterocycles. The molecule has 0 amide bonds. The molecule has 1 aromatic heterocycles. The second-order valence-corrected chi connectivity index (χ2v) is 7.45. The van der Waals surface area contributed by atoms with Gasteiger partial charge in [0.1, 0.15) is 12.4 Å². The molecule has 1 aliphatic carbocycles. The fourth-order valence-electron chi connectivity index (χ4n) is 3.73. The fourth-order valence-corrected chi connectivity index (χ4v) is 3.73. The smallest absolute Gasteiger partial charge is 0.341 e. The van der Waals surface area contributed by atoms with E-state index in [0.717, 1.165) is 46.4 Å². The summed E-state index contributed by atoms with van der Waals surface area (Å²) in [4.78, 5) is 20.9. The lowest BCUT2D eigenvalue weighted by Crippen LogP contribution is -2.13. The number of carboxylic acid groups (broad SMARTS) is 1. The summed E-state index contributed by atoms with van der Waals surface area (Å²) in [5.41, 5.74) is 5.90. The van der Waals surface area contributed by atoms with Gasteiger partial charge in [0.25, 0.3) is 0 Å². The van der Waals surface area contributed by atoms with Gasteiger partial charge in [-0.2, -0.15) is 0 Å². The Balaban J connectivity index is 1.51. The third-order valence-corrected chi connectivity index (χ3v) is 5.22. The molecular formula is C26H24N2O4. The number of nitrogens with zero attached hydrogens (tertiary/aromatic N) is 2. The van der Waals surface area contributed by atoms with Gasteiger partial charge in [0, 0.05) is 29.9 Å². The lowest BCUT2D eigenvalue weighted by Gasteiger charge is -2.20. The highest BCUT2D eigenvalue weighted by Crippen LogP contribution is 2.33. The molecule has 6 nitrogen and oxygen atoms in total. The van der Waals surface area contributed by atoms with Crippen molar-refractivity contribution in [1.29, 1.82) is 0 Å². The van der Waals surface area contributed by atoms with Crippen molar-refractivity contribution in [2.75, 3.05) is 13.2 Å². The molecule has 162 valence electrons. The first-order valence-corrected chi connectivity index (χ1v) is 10.5. The predicted molar refractivity (Wildman–Crippen MR) is 123 cm³/mol. The average molecular weight is 428 g/mol. The first-order chi connectivity index (χ1) is 15.7. The van der Waals surface area contributed by atoms with Gasteiger partial charge in [0.15, 0.2) is 6.61 Å². The predicted octanol–water partition coefficient (Wildman–Crippen LogP) is 4.54. The van der Waals surface area contributed by atoms with Crippen molar-refractivity contribution in [3.63, 3.8) is 0 Å². The second kappa shape index (κ2) is 10.4. The van der Waals surface area contributed by atoms with Gasteiger partial charge in [-0.05, 0) is 47.7 Å². The summed E-state index contributed by atoms with van der Waals surface area (Å²) in [5.74, 6) is -0.382. The third-order valence-electron chi connectivity index (χ3n) is 5.22. The molecule has 0 radical (unpaired) electrons. The highest BCUT2D eigenvalue weighted by atomic mass is 16.6. The van der Waals surface area contributed by atoms with Crippen LogP contribution in [0.3, 0.4) is 0 Å². The van der Waals surface area contributed by atoms with Crippen molar-refractivity contribution >= 4 is 17.3 Å². The van der Waals surface area contributed by atoms with E-state index in [9.17, 15) is 4.79 Å². The number of hydrogen-bond donors (Lipinski definition) is 1. The molecule has 32 heavy (non-hydrogen) atoms. The summed E-state index contributed by atoms with van der Waals surface area (Å²) < 4.78 is 5.48. The van der Waals surface area contributed by atoms with E-state index in [0.29, 0.717) is 18.8 Å². The van der Waals surface area contributed by atoms with E-state index >= 15 is 0 Å². The maximum absolute atomic E-state index is 10.9. The zero-order chi connectivity index (χ0) is 22.2. The molecule has 2 aromatic carbocycles. The summed E-state index contributed by atoms with van der Waals surface area (Å²) in [6, 6.07) is 19.7. The number of aromatic nitrogens is 1. The standard InChI is InChI=1S/C26H24N2O4/c29-26(30)18-31-25-13-5-11-22-21(9-4-12-23(22)25)17-32-28-24(20-10-6-14-27-16-20)15-19-7-2-1-3-8-19/h1-3,5-11,13-14,16H,4,12,15,17-18H2,(H,29,30). The number of benzene rings is 2. The number of carbonyl (C=O) groups is 1. The molecule has 0 fully saturated rings. The van der Waals surface area contributed by atoms with Gasteiger partial charge in [-0.3, -0.25) is 4.98 Å². The molecule has 0 aliphatic heterocycles. The van der Waals surface area contributed by atoms with E-state index in [2.05, 4.69) is 28.3 Å². The number of hydrogen-bond acceptors (Lipinski definition) is 5. The molecule has 1 N–H and O–H groups in total. The van der Waals surface area contributed by atoms with Crippen molar-refractivity contribution in [2.24, 2.45) is 5.16 Å². The van der Waals surface area contributed by atoms with E-state index in [4.69, 9.17) is 14.7 Å². The SMILES string of the molecule is O=C(O)COc1cccc2c1CCC=C2CON=C(Cc1ccccc1)c1cccnc1. The Hall–Kier alpha value is -3.93. The van der Waals surface area contributed by atoms with Crippen LogP contribution in [0.1, 0.15) is 28.7 Å². The quantitative estimate of drug-likeness (QED) is 0.400. The highest BCUT2D eigenvalue weighted by molar-refractivity contribution is 6.01. The number of aliphatic carboxylic acids is 1. The molecule has 1 aliphatic rings. The van der Waals surface area contributed by atoms with Gasteiger partial charge in [0.05, 0.1) is 5.71 Å². The van der Waals surface area contributed by atoms with Crippen LogP contribution in [0.5, 0.6) is 5.75 Å². The minimum absolute atomic E-state index is 0.313. The average Bonchev–Trinajstić information content (AvgIpc) is 2.83. The maximum Gasteiger partial charge on any atom is 0.341 e. The Morgan fingerprint density at radius 2 is 1.94 bits per heavy atom. The second-order valence-electron chi connectivity index (χ2n) is 7.45. The Kier molecular flexibility index (Phi) is 6.92.